The summed E-state index contributed by atoms with van der Waals surface area (Å²) in [4.78, 5) is 37.2. The Labute approximate surface area is 225 Å². The summed E-state index contributed by atoms with van der Waals surface area (Å²) in [5.41, 5.74) is 7.11. The molecule has 0 aliphatic heterocycles. The first kappa shape index (κ1) is 32.4. The van der Waals surface area contributed by atoms with Crippen LogP contribution in [0.4, 0.5) is 4.79 Å². The molecule has 0 fully saturated rings. The molecule has 0 radical (unpaired) electrons. The van der Waals surface area contributed by atoms with E-state index in [1.807, 2.05) is 36.6 Å². The van der Waals surface area contributed by atoms with E-state index < -0.39 is 36.5 Å². The van der Waals surface area contributed by atoms with Crippen molar-refractivity contribution in [2.45, 2.75) is 58.1 Å². The predicted octanol–water partition coefficient (Wildman–Crippen LogP) is 3.24. The third-order valence-corrected chi connectivity index (χ3v) is 8.09. The van der Waals surface area contributed by atoms with Crippen LogP contribution in [0.2, 0.25) is 0 Å². The Kier molecular flexibility index (Phi) is 16.8. The van der Waals surface area contributed by atoms with E-state index in [0.29, 0.717) is 12.2 Å². The number of nitrogens with two attached hydrogens (primary N) is 1. The Morgan fingerprint density at radius 3 is 2.36 bits per heavy atom. The van der Waals surface area contributed by atoms with Crippen molar-refractivity contribution in [3.63, 3.8) is 0 Å². The van der Waals surface area contributed by atoms with E-state index in [1.165, 1.54) is 13.8 Å². The molecule has 0 saturated carbocycles. The number of aliphatic hydroxyl groups excluding tert-OH is 1. The smallest absolute Gasteiger partial charge is 0.435 e. The summed E-state index contributed by atoms with van der Waals surface area (Å²) in [5.74, 6) is 0.493. The minimum atomic E-state index is -1.33. The van der Waals surface area contributed by atoms with E-state index in [9.17, 15) is 19.5 Å². The molecule has 1 rings (SSSR count). The lowest BCUT2D eigenvalue weighted by Gasteiger charge is -2.24. The number of nitrogens with one attached hydrogen (secondary N) is 1. The Hall–Kier alpha value is -1.60. The molecular formula is C24H38N2O7S3. The molecular weight excluding hydrogens is 524 g/mol. The molecule has 0 spiro atoms. The highest BCUT2D eigenvalue weighted by Crippen LogP contribution is 2.27. The van der Waals surface area contributed by atoms with Crippen molar-refractivity contribution in [2.75, 3.05) is 30.1 Å². The fourth-order valence-corrected chi connectivity index (χ4v) is 6.04. The van der Waals surface area contributed by atoms with Gasteiger partial charge in [-0.3, -0.25) is 4.79 Å². The highest BCUT2D eigenvalue weighted by atomic mass is 33.1. The van der Waals surface area contributed by atoms with Crippen LogP contribution >= 0.6 is 33.3 Å². The number of hydrogen-bond acceptors (Lipinski definition) is 11. The highest BCUT2D eigenvalue weighted by molar-refractivity contribution is 8.76. The molecule has 204 valence electrons. The van der Waals surface area contributed by atoms with E-state index in [2.05, 4.69) is 10.1 Å². The topological polar surface area (TPSA) is 137 Å². The van der Waals surface area contributed by atoms with Crippen LogP contribution in [0.1, 0.15) is 32.8 Å². The molecule has 4 N–H and O–H groups in total. The van der Waals surface area contributed by atoms with Crippen LogP contribution in [-0.4, -0.2) is 77.7 Å². The van der Waals surface area contributed by atoms with Gasteiger partial charge in [0.05, 0.1) is 18.6 Å². The molecule has 1 amide bonds. The summed E-state index contributed by atoms with van der Waals surface area (Å²) in [6.45, 7) is 4.43. The van der Waals surface area contributed by atoms with Crippen LogP contribution in [0.5, 0.6) is 0 Å². The average molecular weight is 563 g/mol. The number of rotatable bonds is 17. The maximum absolute atomic E-state index is 13.2. The second-order valence-electron chi connectivity index (χ2n) is 8.03. The van der Waals surface area contributed by atoms with Gasteiger partial charge < -0.3 is 30.4 Å². The minimum Gasteiger partial charge on any atom is -0.435 e. The van der Waals surface area contributed by atoms with Crippen molar-refractivity contribution in [3.8, 4) is 0 Å². The van der Waals surface area contributed by atoms with Crippen molar-refractivity contribution in [2.24, 2.45) is 11.7 Å². The van der Waals surface area contributed by atoms with Crippen molar-refractivity contribution < 1.29 is 33.7 Å². The van der Waals surface area contributed by atoms with Gasteiger partial charge in [-0.25, -0.2) is 9.59 Å². The van der Waals surface area contributed by atoms with Gasteiger partial charge in [0.15, 0.2) is 6.04 Å². The SMILES string of the molecule is CCOC(=O)OC(C)OC(=O)[C@@H](NC(=O)[C@@H](CSSC[C@@H](N)CCSC)Cc1ccccc1)C(C)O. The van der Waals surface area contributed by atoms with Gasteiger partial charge in [-0.05, 0) is 44.3 Å². The molecule has 2 unspecified atom stereocenters. The van der Waals surface area contributed by atoms with Gasteiger partial charge in [-0.2, -0.15) is 11.8 Å². The second-order valence-corrected chi connectivity index (χ2v) is 11.6. The standard InChI is InChI=1S/C24H38N2O7S3/c1-5-31-24(30)33-17(3)32-23(29)21(16(2)27)26-22(28)19(13-18-9-7-6-8-10-18)14-35-36-15-20(25)11-12-34-4/h6-10,16-17,19-21,27H,5,11-15,25H2,1-4H3,(H,26,28)/t16?,17?,19-,20+,21+/m1/s1. The molecule has 0 aliphatic carbocycles. The van der Waals surface area contributed by atoms with E-state index in [4.69, 9.17) is 15.2 Å². The molecule has 0 aliphatic rings. The Bertz CT molecular complexity index is 786. The van der Waals surface area contributed by atoms with Gasteiger partial charge in [0, 0.05) is 24.5 Å². The molecule has 12 heteroatoms. The fourth-order valence-electron chi connectivity index (χ4n) is 2.94. The molecule has 5 atom stereocenters. The fraction of sp³-hybridized carbons (Fsp3) is 0.625. The van der Waals surface area contributed by atoms with Gasteiger partial charge in [0.2, 0.25) is 12.2 Å². The molecule has 1 aromatic rings. The number of aliphatic hydroxyl groups is 1. The summed E-state index contributed by atoms with van der Waals surface area (Å²) in [5, 5.41) is 12.8. The summed E-state index contributed by atoms with van der Waals surface area (Å²) >= 11 is 1.76. The number of benzene rings is 1. The summed E-state index contributed by atoms with van der Waals surface area (Å²) < 4.78 is 14.6. The van der Waals surface area contributed by atoms with Crippen LogP contribution in [0.25, 0.3) is 0 Å². The first-order chi connectivity index (χ1) is 17.2. The number of thioether (sulfide) groups is 1. The number of carbonyl (C=O) groups is 3. The summed E-state index contributed by atoms with van der Waals surface area (Å²) in [6.07, 6.45) is -0.0311. The number of esters is 1. The third kappa shape index (κ3) is 13.6. The number of amides is 1. The molecule has 1 aromatic carbocycles. The third-order valence-electron chi connectivity index (χ3n) is 4.86. The zero-order valence-electron chi connectivity index (χ0n) is 21.2. The van der Waals surface area contributed by atoms with Crippen molar-refractivity contribution in [1.82, 2.24) is 5.32 Å². The summed E-state index contributed by atoms with van der Waals surface area (Å²) in [6, 6.07) is 8.33. The highest BCUT2D eigenvalue weighted by Gasteiger charge is 2.32. The lowest BCUT2D eigenvalue weighted by molar-refractivity contribution is -0.173. The van der Waals surface area contributed by atoms with Gasteiger partial charge in [-0.15, -0.1) is 0 Å². The van der Waals surface area contributed by atoms with E-state index in [-0.39, 0.29) is 18.6 Å². The molecule has 0 saturated heterocycles. The van der Waals surface area contributed by atoms with Gasteiger partial charge in [0.25, 0.3) is 0 Å². The van der Waals surface area contributed by atoms with Gasteiger partial charge >= 0.3 is 12.1 Å². The molecule has 36 heavy (non-hydrogen) atoms. The Morgan fingerprint density at radius 1 is 1.08 bits per heavy atom. The Morgan fingerprint density at radius 2 is 1.75 bits per heavy atom. The number of carbonyl (C=O) groups excluding carboxylic acids is 3. The average Bonchev–Trinajstić information content (AvgIpc) is 2.83. The largest absolute Gasteiger partial charge is 0.511 e. The lowest BCUT2D eigenvalue weighted by atomic mass is 9.99. The summed E-state index contributed by atoms with van der Waals surface area (Å²) in [7, 11) is 3.17. The van der Waals surface area contributed by atoms with Crippen LogP contribution < -0.4 is 11.1 Å². The molecule has 0 heterocycles. The second kappa shape index (κ2) is 18.6. The van der Waals surface area contributed by atoms with E-state index in [0.717, 1.165) is 23.5 Å². The number of ether oxygens (including phenoxy) is 3. The Balaban J connectivity index is 2.78. The van der Waals surface area contributed by atoms with Crippen LogP contribution in [0.3, 0.4) is 0 Å². The maximum Gasteiger partial charge on any atom is 0.511 e. The molecule has 9 nitrogen and oxygen atoms in total. The van der Waals surface area contributed by atoms with Crippen molar-refractivity contribution >= 4 is 51.4 Å². The van der Waals surface area contributed by atoms with Crippen molar-refractivity contribution in [1.29, 1.82) is 0 Å². The predicted molar refractivity (Wildman–Crippen MR) is 147 cm³/mol. The first-order valence-electron chi connectivity index (χ1n) is 11.7. The zero-order valence-corrected chi connectivity index (χ0v) is 23.7. The monoisotopic (exact) mass is 562 g/mol. The van der Waals surface area contributed by atoms with Crippen molar-refractivity contribution in [3.05, 3.63) is 35.9 Å². The van der Waals surface area contributed by atoms with Gasteiger partial charge in [0.1, 0.15) is 0 Å². The van der Waals surface area contributed by atoms with E-state index in [1.54, 1.807) is 40.3 Å². The minimum absolute atomic E-state index is 0.0876. The van der Waals surface area contributed by atoms with Crippen LogP contribution in [0.15, 0.2) is 30.3 Å². The van der Waals surface area contributed by atoms with Gasteiger partial charge in [-0.1, -0.05) is 51.9 Å². The maximum atomic E-state index is 13.2. The van der Waals surface area contributed by atoms with Crippen LogP contribution in [-0.2, 0) is 30.2 Å². The first-order valence-corrected chi connectivity index (χ1v) is 15.6. The van der Waals surface area contributed by atoms with Crippen LogP contribution in [0, 0.1) is 5.92 Å². The number of hydrogen-bond donors (Lipinski definition) is 3. The quantitative estimate of drug-likeness (QED) is 0.112. The molecule has 0 aromatic heterocycles. The zero-order chi connectivity index (χ0) is 26.9. The molecule has 0 bridgehead atoms. The van der Waals surface area contributed by atoms with E-state index >= 15 is 0 Å². The normalized spacial score (nSPS) is 15.2. The lowest BCUT2D eigenvalue weighted by Crippen LogP contribution is -2.51.